The first-order chi connectivity index (χ1) is 8.41. The topological polar surface area (TPSA) is 72.9 Å². The lowest BCUT2D eigenvalue weighted by molar-refractivity contribution is -0.124. The van der Waals surface area contributed by atoms with Crippen LogP contribution >= 0.6 is 11.6 Å². The van der Waals surface area contributed by atoms with Crippen LogP contribution in [0.3, 0.4) is 0 Å². The van der Waals surface area contributed by atoms with Crippen molar-refractivity contribution in [3.63, 3.8) is 0 Å². The maximum atomic E-state index is 11.6. The summed E-state index contributed by atoms with van der Waals surface area (Å²) >= 11 is 6.15. The highest BCUT2D eigenvalue weighted by atomic mass is 35.5. The van der Waals surface area contributed by atoms with Crippen molar-refractivity contribution in [3.05, 3.63) is 16.4 Å². The molecule has 0 aliphatic heterocycles. The second-order valence-electron chi connectivity index (χ2n) is 5.02. The van der Waals surface area contributed by atoms with Crippen molar-refractivity contribution in [2.75, 3.05) is 7.05 Å². The Morgan fingerprint density at radius 1 is 1.61 bits per heavy atom. The number of nitrogens with zero attached hydrogens (tertiary/aromatic N) is 2. The Morgan fingerprint density at radius 2 is 2.28 bits per heavy atom. The van der Waals surface area contributed by atoms with Gasteiger partial charge in [0.15, 0.2) is 0 Å². The molecule has 2 unspecified atom stereocenters. The third-order valence-corrected chi connectivity index (χ3v) is 4.57. The first kappa shape index (κ1) is 13.4. The monoisotopic (exact) mass is 270 g/mol. The van der Waals surface area contributed by atoms with Gasteiger partial charge in [0, 0.05) is 0 Å². The molecule has 5 nitrogen and oxygen atoms in total. The van der Waals surface area contributed by atoms with E-state index in [1.165, 1.54) is 0 Å². The molecule has 1 saturated carbocycles. The van der Waals surface area contributed by atoms with Gasteiger partial charge in [0.25, 0.3) is 0 Å². The van der Waals surface area contributed by atoms with Crippen molar-refractivity contribution >= 4 is 17.5 Å². The minimum absolute atomic E-state index is 0.177. The number of rotatable bonds is 3. The van der Waals surface area contributed by atoms with Gasteiger partial charge in [0.05, 0.1) is 28.0 Å². The lowest BCUT2D eigenvalue weighted by Crippen LogP contribution is -2.52. The van der Waals surface area contributed by atoms with Crippen LogP contribution in [0.5, 0.6) is 0 Å². The number of hydrogen-bond donors (Lipinski definition) is 2. The molecule has 6 heteroatoms. The van der Waals surface area contributed by atoms with Gasteiger partial charge in [0.2, 0.25) is 5.91 Å². The van der Waals surface area contributed by atoms with Gasteiger partial charge in [0.1, 0.15) is 0 Å². The Balaban J connectivity index is 2.28. The molecule has 2 atom stereocenters. The Labute approximate surface area is 112 Å². The molecule has 1 heterocycles. The number of nitrogens with one attached hydrogen (secondary N) is 1. The highest BCUT2D eigenvalue weighted by molar-refractivity contribution is 6.31. The largest absolute Gasteiger partial charge is 0.368 e. The Kier molecular flexibility index (Phi) is 3.38. The zero-order chi connectivity index (χ0) is 13.5. The summed E-state index contributed by atoms with van der Waals surface area (Å²) in [5.41, 5.74) is 6.67. The Hall–Kier alpha value is -1.07. The van der Waals surface area contributed by atoms with E-state index in [2.05, 4.69) is 10.4 Å². The van der Waals surface area contributed by atoms with E-state index in [1.54, 1.807) is 7.05 Å². The lowest BCUT2D eigenvalue weighted by atomic mass is 9.97. The molecule has 1 aromatic heterocycles. The number of nitrogens with two attached hydrogens (primary N) is 1. The van der Waals surface area contributed by atoms with Crippen LogP contribution in [0.1, 0.15) is 36.7 Å². The van der Waals surface area contributed by atoms with Gasteiger partial charge < -0.3 is 11.1 Å². The van der Waals surface area contributed by atoms with Gasteiger partial charge in [-0.25, -0.2) is 0 Å². The zero-order valence-electron chi connectivity index (χ0n) is 11.0. The molecule has 0 aromatic carbocycles. The fourth-order valence-electron chi connectivity index (χ4n) is 2.80. The van der Waals surface area contributed by atoms with Crippen molar-refractivity contribution in [2.45, 2.75) is 44.7 Å². The van der Waals surface area contributed by atoms with Crippen LogP contribution in [0.15, 0.2) is 0 Å². The number of halogens is 1. The van der Waals surface area contributed by atoms with Crippen molar-refractivity contribution in [3.8, 4) is 0 Å². The summed E-state index contributed by atoms with van der Waals surface area (Å²) in [6.07, 6.45) is 2.28. The third-order valence-electron chi connectivity index (χ3n) is 4.02. The summed E-state index contributed by atoms with van der Waals surface area (Å²) in [6.45, 7) is 3.84. The molecule has 0 bridgehead atoms. The van der Waals surface area contributed by atoms with E-state index in [0.717, 1.165) is 24.2 Å². The molecule has 2 rings (SSSR count). The zero-order valence-corrected chi connectivity index (χ0v) is 11.7. The first-order valence-electron chi connectivity index (χ1n) is 6.11. The minimum atomic E-state index is -0.608. The summed E-state index contributed by atoms with van der Waals surface area (Å²) in [5, 5.41) is 8.23. The van der Waals surface area contributed by atoms with Gasteiger partial charge in [-0.2, -0.15) is 5.10 Å². The molecule has 0 spiro atoms. The maximum Gasteiger partial charge on any atom is 0.237 e. The molecule has 1 fully saturated rings. The number of carbonyl (C=O) groups is 1. The van der Waals surface area contributed by atoms with Gasteiger partial charge in [-0.3, -0.25) is 9.48 Å². The quantitative estimate of drug-likeness (QED) is 0.870. The summed E-state index contributed by atoms with van der Waals surface area (Å²) in [7, 11) is 1.78. The maximum absolute atomic E-state index is 11.6. The molecule has 1 aromatic rings. The standard InChI is InChI=1S/C12H19ClN4O/c1-7-10(13)8(2)17(16-7)9-4-5-12(6-9,15-3)11(14)18/h9,15H,4-6H2,1-3H3,(H2,14,18). The molecule has 0 radical (unpaired) electrons. The van der Waals surface area contributed by atoms with E-state index in [0.29, 0.717) is 11.4 Å². The number of likely N-dealkylation sites (N-methyl/N-ethyl adjacent to an activating group) is 1. The van der Waals surface area contributed by atoms with E-state index in [1.807, 2.05) is 18.5 Å². The van der Waals surface area contributed by atoms with Gasteiger partial charge in [-0.1, -0.05) is 11.6 Å². The number of hydrogen-bond acceptors (Lipinski definition) is 3. The van der Waals surface area contributed by atoms with Crippen molar-refractivity contribution < 1.29 is 4.79 Å². The fraction of sp³-hybridized carbons (Fsp3) is 0.667. The second kappa shape index (κ2) is 4.55. The predicted molar refractivity (Wildman–Crippen MR) is 70.6 cm³/mol. The number of primary amides is 1. The number of amides is 1. The van der Waals surface area contributed by atoms with E-state index in [4.69, 9.17) is 17.3 Å². The first-order valence-corrected chi connectivity index (χ1v) is 6.49. The van der Waals surface area contributed by atoms with Crippen molar-refractivity contribution in [1.82, 2.24) is 15.1 Å². The summed E-state index contributed by atoms with van der Waals surface area (Å²) in [4.78, 5) is 11.6. The summed E-state index contributed by atoms with van der Waals surface area (Å²) in [6, 6.07) is 0.177. The van der Waals surface area contributed by atoms with Gasteiger partial charge in [-0.15, -0.1) is 0 Å². The van der Waals surface area contributed by atoms with Crippen molar-refractivity contribution in [2.24, 2.45) is 5.73 Å². The smallest absolute Gasteiger partial charge is 0.237 e. The van der Waals surface area contributed by atoms with Crippen LogP contribution in [0, 0.1) is 13.8 Å². The highest BCUT2D eigenvalue weighted by Crippen LogP contribution is 2.39. The average molecular weight is 271 g/mol. The van der Waals surface area contributed by atoms with E-state index >= 15 is 0 Å². The fourth-order valence-corrected chi connectivity index (χ4v) is 2.92. The summed E-state index contributed by atoms with van der Waals surface area (Å²) in [5.74, 6) is -0.292. The van der Waals surface area contributed by atoms with E-state index < -0.39 is 5.54 Å². The van der Waals surface area contributed by atoms with Crippen LogP contribution in [0.4, 0.5) is 0 Å². The van der Waals surface area contributed by atoms with E-state index in [-0.39, 0.29) is 11.9 Å². The number of aryl methyl sites for hydroxylation is 1. The van der Waals surface area contributed by atoms with Crippen LogP contribution in [0.2, 0.25) is 5.02 Å². The highest BCUT2D eigenvalue weighted by Gasteiger charge is 2.44. The van der Waals surface area contributed by atoms with Crippen LogP contribution in [-0.4, -0.2) is 28.3 Å². The summed E-state index contributed by atoms with van der Waals surface area (Å²) < 4.78 is 1.93. The number of aromatic nitrogens is 2. The van der Waals surface area contributed by atoms with Gasteiger partial charge in [-0.05, 0) is 40.2 Å². The molecule has 3 N–H and O–H groups in total. The van der Waals surface area contributed by atoms with E-state index in [9.17, 15) is 4.79 Å². The molecule has 18 heavy (non-hydrogen) atoms. The predicted octanol–water partition coefficient (Wildman–Crippen LogP) is 1.32. The Morgan fingerprint density at radius 3 is 2.67 bits per heavy atom. The Bertz CT molecular complexity index is 485. The third kappa shape index (κ3) is 1.91. The van der Waals surface area contributed by atoms with Crippen LogP contribution < -0.4 is 11.1 Å². The SMILES string of the molecule is CNC1(C(N)=O)CCC(n2nc(C)c(Cl)c2C)C1. The number of carbonyl (C=O) groups excluding carboxylic acids is 1. The van der Waals surface area contributed by atoms with Crippen molar-refractivity contribution in [1.29, 1.82) is 0 Å². The van der Waals surface area contributed by atoms with Crippen LogP contribution in [-0.2, 0) is 4.79 Å². The lowest BCUT2D eigenvalue weighted by Gasteiger charge is -2.25. The molecular weight excluding hydrogens is 252 g/mol. The molecular formula is C12H19ClN4O. The average Bonchev–Trinajstić information content (AvgIpc) is 2.88. The molecule has 100 valence electrons. The van der Waals surface area contributed by atoms with Crippen LogP contribution in [0.25, 0.3) is 0 Å². The molecule has 1 amide bonds. The second-order valence-corrected chi connectivity index (χ2v) is 5.40. The molecule has 1 aliphatic carbocycles. The molecule has 1 aliphatic rings. The normalized spacial score (nSPS) is 27.7. The minimum Gasteiger partial charge on any atom is -0.368 e. The molecule has 0 saturated heterocycles. The van der Waals surface area contributed by atoms with Gasteiger partial charge >= 0.3 is 0 Å².